The van der Waals surface area contributed by atoms with Gasteiger partial charge in [0.05, 0.1) is 12.1 Å². The number of piperidine rings is 1. The lowest BCUT2D eigenvalue weighted by molar-refractivity contribution is 0.344. The summed E-state index contributed by atoms with van der Waals surface area (Å²) in [6.45, 7) is 1.96. The van der Waals surface area contributed by atoms with Crippen molar-refractivity contribution in [3.05, 3.63) is 22.5 Å². The number of halogens is 2. The largest absolute Gasteiger partial charge is 0.504 e. The monoisotopic (exact) mass is 273 g/mol. The van der Waals surface area contributed by atoms with Gasteiger partial charge in [-0.1, -0.05) is 11.6 Å². The molecule has 1 aliphatic heterocycles. The van der Waals surface area contributed by atoms with E-state index in [9.17, 15) is 9.50 Å². The molecule has 2 rings (SSSR count). The number of nitrogens with one attached hydrogen (secondary N) is 1. The highest BCUT2D eigenvalue weighted by molar-refractivity contribution is 6.32. The van der Waals surface area contributed by atoms with Crippen LogP contribution in [-0.4, -0.2) is 25.3 Å². The number of rotatable bonds is 3. The first kappa shape index (κ1) is 13.4. The maximum absolute atomic E-state index is 13.8. The SMILES string of the molecule is COc1c(CC2CCCNC2)cc(Cl)c(O)c1F. The number of phenols is 1. The summed E-state index contributed by atoms with van der Waals surface area (Å²) in [6, 6.07) is 1.59. The van der Waals surface area contributed by atoms with E-state index >= 15 is 0 Å². The second-order valence-corrected chi connectivity index (χ2v) is 5.04. The van der Waals surface area contributed by atoms with Crippen molar-refractivity contribution in [3.63, 3.8) is 0 Å². The molecule has 18 heavy (non-hydrogen) atoms. The van der Waals surface area contributed by atoms with Gasteiger partial charge in [-0.15, -0.1) is 0 Å². The Morgan fingerprint density at radius 3 is 3.00 bits per heavy atom. The Morgan fingerprint density at radius 1 is 1.61 bits per heavy atom. The summed E-state index contributed by atoms with van der Waals surface area (Å²) in [6.07, 6.45) is 2.94. The average Bonchev–Trinajstić information content (AvgIpc) is 2.38. The highest BCUT2D eigenvalue weighted by Crippen LogP contribution is 2.37. The van der Waals surface area contributed by atoms with Crippen LogP contribution in [0.4, 0.5) is 4.39 Å². The van der Waals surface area contributed by atoms with Gasteiger partial charge in [0.15, 0.2) is 11.5 Å². The lowest BCUT2D eigenvalue weighted by atomic mass is 9.92. The lowest BCUT2D eigenvalue weighted by Gasteiger charge is -2.23. The first-order valence-electron chi connectivity index (χ1n) is 6.08. The minimum Gasteiger partial charge on any atom is -0.504 e. The molecule has 1 unspecified atom stereocenters. The van der Waals surface area contributed by atoms with Crippen LogP contribution in [0.3, 0.4) is 0 Å². The number of hydrogen-bond acceptors (Lipinski definition) is 3. The zero-order chi connectivity index (χ0) is 13.1. The third-order valence-electron chi connectivity index (χ3n) is 3.34. The van der Waals surface area contributed by atoms with Gasteiger partial charge in [-0.25, -0.2) is 0 Å². The van der Waals surface area contributed by atoms with Gasteiger partial charge >= 0.3 is 0 Å². The van der Waals surface area contributed by atoms with Gasteiger partial charge in [-0.05, 0) is 49.9 Å². The standard InChI is InChI=1S/C13H17ClFNO2/c1-18-13-9(5-8-3-2-4-16-7-8)6-10(14)12(17)11(13)15/h6,8,16-17H,2-5,7H2,1H3. The van der Waals surface area contributed by atoms with E-state index in [4.69, 9.17) is 16.3 Å². The topological polar surface area (TPSA) is 41.5 Å². The van der Waals surface area contributed by atoms with Gasteiger partial charge in [0.1, 0.15) is 0 Å². The normalized spacial score (nSPS) is 19.8. The summed E-state index contributed by atoms with van der Waals surface area (Å²) in [5, 5.41) is 12.8. The van der Waals surface area contributed by atoms with Crippen molar-refractivity contribution < 1.29 is 14.2 Å². The van der Waals surface area contributed by atoms with Gasteiger partial charge in [-0.2, -0.15) is 4.39 Å². The zero-order valence-corrected chi connectivity index (χ0v) is 11.1. The Bertz CT molecular complexity index is 433. The molecule has 0 saturated carbocycles. The number of hydrogen-bond donors (Lipinski definition) is 2. The quantitative estimate of drug-likeness (QED) is 0.890. The summed E-state index contributed by atoms with van der Waals surface area (Å²) in [4.78, 5) is 0. The minimum atomic E-state index is -0.774. The van der Waals surface area contributed by atoms with E-state index in [1.54, 1.807) is 6.07 Å². The number of aromatic hydroxyl groups is 1. The second-order valence-electron chi connectivity index (χ2n) is 4.63. The predicted molar refractivity (Wildman–Crippen MR) is 68.9 cm³/mol. The van der Waals surface area contributed by atoms with Gasteiger partial charge in [0.2, 0.25) is 5.82 Å². The Kier molecular flexibility index (Phi) is 4.30. The van der Waals surface area contributed by atoms with Crippen molar-refractivity contribution in [1.82, 2.24) is 5.32 Å². The van der Waals surface area contributed by atoms with E-state index in [1.165, 1.54) is 7.11 Å². The van der Waals surface area contributed by atoms with Crippen molar-refractivity contribution in [1.29, 1.82) is 0 Å². The van der Waals surface area contributed by atoms with E-state index in [1.807, 2.05) is 0 Å². The van der Waals surface area contributed by atoms with Crippen LogP contribution in [0.15, 0.2) is 6.07 Å². The van der Waals surface area contributed by atoms with Crippen LogP contribution in [-0.2, 0) is 6.42 Å². The van der Waals surface area contributed by atoms with E-state index in [0.717, 1.165) is 25.9 Å². The Balaban J connectivity index is 2.25. The molecule has 5 heteroatoms. The predicted octanol–water partition coefficient (Wildman–Crippen LogP) is 2.74. The molecule has 0 spiro atoms. The van der Waals surface area contributed by atoms with Crippen molar-refractivity contribution in [3.8, 4) is 11.5 Å². The number of ether oxygens (including phenoxy) is 1. The molecule has 3 nitrogen and oxygen atoms in total. The summed E-state index contributed by atoms with van der Waals surface area (Å²) in [5.74, 6) is -0.766. The summed E-state index contributed by atoms with van der Waals surface area (Å²) in [7, 11) is 1.40. The van der Waals surface area contributed by atoms with E-state index in [2.05, 4.69) is 5.32 Å². The third kappa shape index (κ3) is 2.70. The Labute approximate surface area is 111 Å². The van der Waals surface area contributed by atoms with Crippen LogP contribution in [0.25, 0.3) is 0 Å². The molecule has 0 bridgehead atoms. The number of methoxy groups -OCH3 is 1. The first-order chi connectivity index (χ1) is 8.63. The van der Waals surface area contributed by atoms with Crippen LogP contribution < -0.4 is 10.1 Å². The fraction of sp³-hybridized carbons (Fsp3) is 0.538. The molecule has 1 aromatic rings. The smallest absolute Gasteiger partial charge is 0.208 e. The molecule has 0 aromatic heterocycles. The molecule has 1 aliphatic rings. The third-order valence-corrected chi connectivity index (χ3v) is 3.63. The zero-order valence-electron chi connectivity index (χ0n) is 10.3. The van der Waals surface area contributed by atoms with Gasteiger partial charge in [0, 0.05) is 0 Å². The first-order valence-corrected chi connectivity index (χ1v) is 6.45. The molecule has 1 fully saturated rings. The van der Waals surface area contributed by atoms with E-state index in [-0.39, 0.29) is 10.8 Å². The lowest BCUT2D eigenvalue weighted by Crippen LogP contribution is -2.30. The minimum absolute atomic E-state index is 0.0343. The highest BCUT2D eigenvalue weighted by atomic mass is 35.5. The number of benzene rings is 1. The van der Waals surface area contributed by atoms with Crippen molar-refractivity contribution in [2.75, 3.05) is 20.2 Å². The van der Waals surface area contributed by atoms with E-state index < -0.39 is 11.6 Å². The van der Waals surface area contributed by atoms with Crippen LogP contribution in [0, 0.1) is 11.7 Å². The highest BCUT2D eigenvalue weighted by Gasteiger charge is 2.21. The number of phenolic OH excluding ortho intramolecular Hbond substituents is 1. The summed E-state index contributed by atoms with van der Waals surface area (Å²) >= 11 is 5.80. The van der Waals surface area contributed by atoms with Gasteiger partial charge in [-0.3, -0.25) is 0 Å². The fourth-order valence-corrected chi connectivity index (χ4v) is 2.64. The molecule has 1 saturated heterocycles. The molecule has 1 heterocycles. The second kappa shape index (κ2) is 5.76. The summed E-state index contributed by atoms with van der Waals surface area (Å²) in [5.41, 5.74) is 0.714. The molecular formula is C13H17ClFNO2. The van der Waals surface area contributed by atoms with Crippen LogP contribution >= 0.6 is 11.6 Å². The molecule has 0 amide bonds. The van der Waals surface area contributed by atoms with Gasteiger partial charge < -0.3 is 15.2 Å². The molecular weight excluding hydrogens is 257 g/mol. The Hall–Kier alpha value is -1.00. The van der Waals surface area contributed by atoms with Crippen LogP contribution in [0.1, 0.15) is 18.4 Å². The average molecular weight is 274 g/mol. The van der Waals surface area contributed by atoms with Crippen molar-refractivity contribution in [2.24, 2.45) is 5.92 Å². The summed E-state index contributed by atoms with van der Waals surface area (Å²) < 4.78 is 18.8. The molecule has 1 aromatic carbocycles. The Morgan fingerprint density at radius 2 is 2.39 bits per heavy atom. The molecule has 2 N–H and O–H groups in total. The van der Waals surface area contributed by atoms with Crippen molar-refractivity contribution >= 4 is 11.6 Å². The molecule has 1 atom stereocenters. The maximum Gasteiger partial charge on any atom is 0.208 e. The molecule has 0 aliphatic carbocycles. The van der Waals surface area contributed by atoms with Crippen LogP contribution in [0.2, 0.25) is 5.02 Å². The maximum atomic E-state index is 13.8. The molecule has 0 radical (unpaired) electrons. The van der Waals surface area contributed by atoms with E-state index in [0.29, 0.717) is 17.9 Å². The van der Waals surface area contributed by atoms with Crippen LogP contribution in [0.5, 0.6) is 11.5 Å². The molecule has 100 valence electrons. The fourth-order valence-electron chi connectivity index (χ4n) is 2.42. The van der Waals surface area contributed by atoms with Crippen molar-refractivity contribution in [2.45, 2.75) is 19.3 Å². The van der Waals surface area contributed by atoms with Gasteiger partial charge in [0.25, 0.3) is 0 Å².